The molecule has 1 unspecified atom stereocenters. The number of para-hydroxylation sites is 1. The third kappa shape index (κ3) is 5.77. The maximum Gasteiger partial charge on any atom is 0.459 e. The Labute approximate surface area is 200 Å². The highest BCUT2D eigenvalue weighted by Gasteiger charge is 2.54. The van der Waals surface area contributed by atoms with Crippen LogP contribution >= 0.6 is 19.3 Å². The molecule has 1 aliphatic rings. The fourth-order valence-corrected chi connectivity index (χ4v) is 5.10. The Morgan fingerprint density at radius 3 is 2.71 bits per heavy atom. The van der Waals surface area contributed by atoms with Gasteiger partial charge < -0.3 is 24.8 Å². The minimum absolute atomic E-state index is 0.0146. The van der Waals surface area contributed by atoms with Gasteiger partial charge in [-0.25, -0.2) is 9.36 Å². The van der Waals surface area contributed by atoms with Gasteiger partial charge in [-0.3, -0.25) is 13.9 Å². The number of carbonyl (C=O) groups is 1. The van der Waals surface area contributed by atoms with Crippen LogP contribution in [0.1, 0.15) is 20.1 Å². The lowest BCUT2D eigenvalue weighted by Crippen LogP contribution is -2.42. The van der Waals surface area contributed by atoms with Crippen LogP contribution in [0.3, 0.4) is 0 Å². The second kappa shape index (κ2) is 10.4. The number of aromatic nitrogens is 2. The Morgan fingerprint density at radius 1 is 1.41 bits per heavy atom. The first-order valence-electron chi connectivity index (χ1n) is 10.2. The summed E-state index contributed by atoms with van der Waals surface area (Å²) in [5.74, 6) is -0.468. The number of nitrogens with one attached hydrogen (secondary N) is 1. The standard InChI is InChI=1S/C20H26ClN4O8P/c1-12(17(27)30-3)24-34(29,33-13-7-5-4-6-8-13)31-11-14-16(26)20(2,21)18(32-14)25-10-9-15(22)23-19(25)28/h4-10,12,14,16,18,26H,11H2,1-3H3,(H,24,29)(H2,22,23,28)/t12-,14+,16+,18+,20+,34?/m0/s1. The van der Waals surface area contributed by atoms with Crippen molar-refractivity contribution < 1.29 is 33.0 Å². The van der Waals surface area contributed by atoms with Crippen molar-refractivity contribution in [3.05, 3.63) is 53.1 Å². The number of rotatable bonds is 9. The normalized spacial score (nSPS) is 27.0. The van der Waals surface area contributed by atoms with Crippen molar-refractivity contribution in [3.63, 3.8) is 0 Å². The summed E-state index contributed by atoms with van der Waals surface area (Å²) in [7, 11) is -2.99. The summed E-state index contributed by atoms with van der Waals surface area (Å²) in [5.41, 5.74) is 4.80. The van der Waals surface area contributed by atoms with Gasteiger partial charge in [-0.05, 0) is 32.0 Å². The second-order valence-corrected chi connectivity index (χ2v) is 10.2. The number of hydrogen-bond donors (Lipinski definition) is 3. The van der Waals surface area contributed by atoms with Gasteiger partial charge in [0, 0.05) is 6.20 Å². The number of benzene rings is 1. The Balaban J connectivity index is 1.80. The maximum absolute atomic E-state index is 13.5. The number of hydrogen-bond acceptors (Lipinski definition) is 10. The molecule has 0 bridgehead atoms. The van der Waals surface area contributed by atoms with E-state index in [1.165, 1.54) is 33.2 Å². The number of nitrogen functional groups attached to an aromatic ring is 1. The summed E-state index contributed by atoms with van der Waals surface area (Å²) in [5, 5.41) is 13.3. The lowest BCUT2D eigenvalue weighted by Gasteiger charge is -2.26. The van der Waals surface area contributed by atoms with Gasteiger partial charge in [0.05, 0.1) is 13.7 Å². The SMILES string of the molecule is COC(=O)[C@H](C)NP(=O)(OC[C@H]1O[C@@H](n2ccc(N)nc2=O)[C@](C)(Cl)[C@@H]1O)Oc1ccccc1. The molecule has 186 valence electrons. The van der Waals surface area contributed by atoms with E-state index in [0.717, 1.165) is 4.57 Å². The minimum Gasteiger partial charge on any atom is -0.468 e. The zero-order chi connectivity index (χ0) is 25.1. The molecule has 12 nitrogen and oxygen atoms in total. The molecule has 34 heavy (non-hydrogen) atoms. The number of nitrogens with zero attached hydrogens (tertiary/aromatic N) is 2. The van der Waals surface area contributed by atoms with Gasteiger partial charge in [-0.2, -0.15) is 10.1 Å². The predicted octanol–water partition coefficient (Wildman–Crippen LogP) is 1.44. The third-order valence-corrected chi connectivity index (χ3v) is 7.16. The molecule has 1 aromatic carbocycles. The summed E-state index contributed by atoms with van der Waals surface area (Å²) in [6.45, 7) is 2.44. The van der Waals surface area contributed by atoms with Gasteiger partial charge in [-0.1, -0.05) is 18.2 Å². The fourth-order valence-electron chi connectivity index (χ4n) is 3.30. The molecule has 0 aliphatic carbocycles. The Morgan fingerprint density at radius 2 is 2.09 bits per heavy atom. The van der Waals surface area contributed by atoms with Gasteiger partial charge in [-0.15, -0.1) is 11.6 Å². The highest BCUT2D eigenvalue weighted by atomic mass is 35.5. The number of alkyl halides is 1. The molecule has 1 aliphatic heterocycles. The first-order valence-corrected chi connectivity index (χ1v) is 12.1. The van der Waals surface area contributed by atoms with Crippen molar-refractivity contribution in [1.82, 2.24) is 14.6 Å². The maximum atomic E-state index is 13.5. The van der Waals surface area contributed by atoms with Crippen molar-refractivity contribution in [3.8, 4) is 5.75 Å². The monoisotopic (exact) mass is 516 g/mol. The van der Waals surface area contributed by atoms with E-state index >= 15 is 0 Å². The van der Waals surface area contributed by atoms with E-state index in [1.807, 2.05) is 0 Å². The minimum atomic E-state index is -4.18. The molecule has 14 heteroatoms. The van der Waals surface area contributed by atoms with Crippen LogP contribution in [0.15, 0.2) is 47.4 Å². The van der Waals surface area contributed by atoms with Gasteiger partial charge in [0.25, 0.3) is 0 Å². The van der Waals surface area contributed by atoms with E-state index in [4.69, 9.17) is 31.1 Å². The number of nitrogens with two attached hydrogens (primary N) is 1. The van der Waals surface area contributed by atoms with E-state index < -0.39 is 55.4 Å². The van der Waals surface area contributed by atoms with Crippen LogP contribution in [-0.2, 0) is 23.4 Å². The highest BCUT2D eigenvalue weighted by molar-refractivity contribution is 7.52. The summed E-state index contributed by atoms with van der Waals surface area (Å²) in [6, 6.07) is 8.50. The Kier molecular flexibility index (Phi) is 8.02. The number of carbonyl (C=O) groups excluding carboxylic acids is 1. The number of anilines is 1. The number of aliphatic hydroxyl groups is 1. The summed E-state index contributed by atoms with van der Waals surface area (Å²) < 4.78 is 36.1. The molecule has 3 rings (SSSR count). The zero-order valence-electron chi connectivity index (χ0n) is 18.7. The summed E-state index contributed by atoms with van der Waals surface area (Å²) in [4.78, 5) is 26.3. The van der Waals surface area contributed by atoms with Crippen molar-refractivity contribution in [2.24, 2.45) is 0 Å². The van der Waals surface area contributed by atoms with Gasteiger partial charge in [0.15, 0.2) is 6.23 Å². The molecule has 0 spiro atoms. The lowest BCUT2D eigenvalue weighted by molar-refractivity contribution is -0.142. The number of aliphatic hydroxyl groups excluding tert-OH is 1. The molecular formula is C20H26ClN4O8P. The molecule has 1 fully saturated rings. The van der Waals surface area contributed by atoms with E-state index in [9.17, 15) is 19.3 Å². The molecule has 0 radical (unpaired) electrons. The van der Waals surface area contributed by atoms with Crippen LogP contribution in [0.5, 0.6) is 5.75 Å². The average Bonchev–Trinajstić information content (AvgIpc) is 3.01. The van der Waals surface area contributed by atoms with Crippen LogP contribution in [-0.4, -0.2) is 57.5 Å². The molecule has 6 atom stereocenters. The van der Waals surface area contributed by atoms with Gasteiger partial charge in [0.2, 0.25) is 0 Å². The smallest absolute Gasteiger partial charge is 0.459 e. The van der Waals surface area contributed by atoms with Crippen LogP contribution < -0.4 is 21.0 Å². The van der Waals surface area contributed by atoms with Crippen LogP contribution in [0, 0.1) is 0 Å². The number of halogens is 1. The predicted molar refractivity (Wildman–Crippen MR) is 122 cm³/mol. The summed E-state index contributed by atoms with van der Waals surface area (Å²) >= 11 is 6.52. The third-order valence-electron chi connectivity index (χ3n) is 5.11. The fraction of sp³-hybridized carbons (Fsp3) is 0.450. The Hall–Kier alpha value is -2.47. The quantitative estimate of drug-likeness (QED) is 0.251. The van der Waals surface area contributed by atoms with Crippen molar-refractivity contribution in [2.45, 2.75) is 43.2 Å². The topological polar surface area (TPSA) is 164 Å². The molecule has 0 amide bonds. The van der Waals surface area contributed by atoms with Crippen molar-refractivity contribution in [2.75, 3.05) is 19.5 Å². The summed E-state index contributed by atoms with van der Waals surface area (Å²) in [6.07, 6.45) is -2.24. The van der Waals surface area contributed by atoms with E-state index in [-0.39, 0.29) is 11.6 Å². The molecule has 2 aromatic rings. The van der Waals surface area contributed by atoms with E-state index in [1.54, 1.807) is 30.3 Å². The number of esters is 1. The van der Waals surface area contributed by atoms with Crippen molar-refractivity contribution >= 4 is 31.1 Å². The molecule has 2 heterocycles. The molecule has 1 saturated heterocycles. The lowest BCUT2D eigenvalue weighted by atomic mass is 10.0. The van der Waals surface area contributed by atoms with Crippen molar-refractivity contribution in [1.29, 1.82) is 0 Å². The largest absolute Gasteiger partial charge is 0.468 e. The van der Waals surface area contributed by atoms with E-state index in [0.29, 0.717) is 0 Å². The number of ether oxygens (including phenoxy) is 2. The molecule has 0 saturated carbocycles. The zero-order valence-corrected chi connectivity index (χ0v) is 20.3. The van der Waals surface area contributed by atoms with Gasteiger partial charge in [0.1, 0.15) is 34.7 Å². The first-order chi connectivity index (χ1) is 16.0. The molecule has 1 aromatic heterocycles. The molecular weight excluding hydrogens is 491 g/mol. The van der Waals surface area contributed by atoms with Crippen LogP contribution in [0.4, 0.5) is 5.82 Å². The first kappa shape index (κ1) is 26.1. The average molecular weight is 517 g/mol. The Bertz CT molecular complexity index is 1120. The van der Waals surface area contributed by atoms with E-state index in [2.05, 4.69) is 14.8 Å². The second-order valence-electron chi connectivity index (χ2n) is 7.74. The van der Waals surface area contributed by atoms with Crippen LogP contribution in [0.25, 0.3) is 0 Å². The molecule has 4 N–H and O–H groups in total. The van der Waals surface area contributed by atoms with Gasteiger partial charge >= 0.3 is 19.4 Å². The highest BCUT2D eigenvalue weighted by Crippen LogP contribution is 2.48. The number of methoxy groups -OCH3 is 1. The van der Waals surface area contributed by atoms with Crippen LogP contribution in [0.2, 0.25) is 0 Å².